The van der Waals surface area contributed by atoms with Crippen LogP contribution < -0.4 is 10.6 Å². The first-order valence-electron chi connectivity index (χ1n) is 12.5. The third-order valence-corrected chi connectivity index (χ3v) is 8.40. The maximum atomic E-state index is 13.7. The van der Waals surface area contributed by atoms with Gasteiger partial charge in [0.25, 0.3) is 0 Å². The highest BCUT2D eigenvalue weighted by atomic mass is 16.5. The molecule has 6 atom stereocenters. The van der Waals surface area contributed by atoms with Crippen molar-refractivity contribution in [2.24, 2.45) is 17.8 Å². The summed E-state index contributed by atoms with van der Waals surface area (Å²) in [5.74, 6) is -1.75. The van der Waals surface area contributed by atoms with Gasteiger partial charge in [0.2, 0.25) is 17.7 Å². The molecule has 2 bridgehead atoms. The fourth-order valence-electron chi connectivity index (χ4n) is 6.81. The molecule has 4 rings (SSSR count). The average molecular weight is 450 g/mol. The van der Waals surface area contributed by atoms with Crippen LogP contribution in [0.1, 0.15) is 72.1 Å². The second-order valence-electron chi connectivity index (χ2n) is 10.4. The van der Waals surface area contributed by atoms with E-state index in [-0.39, 0.29) is 42.8 Å². The van der Waals surface area contributed by atoms with E-state index < -0.39 is 29.1 Å². The Bertz CT molecular complexity index is 754. The van der Waals surface area contributed by atoms with Gasteiger partial charge in [0.1, 0.15) is 11.6 Å². The number of aliphatic hydroxyl groups excluding tert-OH is 1. The number of aliphatic hydroxyl groups is 1. The largest absolute Gasteiger partial charge is 0.396 e. The predicted octanol–water partition coefficient (Wildman–Crippen LogP) is 1.35. The number of nitrogens with zero attached hydrogens (tertiary/aromatic N) is 1. The summed E-state index contributed by atoms with van der Waals surface area (Å²) < 4.78 is 6.65. The number of hydrogen-bond acceptors (Lipinski definition) is 5. The lowest BCUT2D eigenvalue weighted by Gasteiger charge is -2.36. The minimum atomic E-state index is -0.992. The molecular weight excluding hydrogens is 410 g/mol. The van der Waals surface area contributed by atoms with E-state index in [1.165, 1.54) is 6.42 Å². The molecule has 0 radical (unpaired) electrons. The van der Waals surface area contributed by atoms with Crippen LogP contribution in [0.25, 0.3) is 0 Å². The molecule has 4 fully saturated rings. The molecule has 3 heterocycles. The Kier molecular flexibility index (Phi) is 6.56. The summed E-state index contributed by atoms with van der Waals surface area (Å²) in [6, 6.07) is -0.640. The molecule has 3 amide bonds. The van der Waals surface area contributed by atoms with E-state index in [4.69, 9.17) is 4.74 Å². The monoisotopic (exact) mass is 449 g/mol. The molecule has 4 aliphatic rings. The smallest absolute Gasteiger partial charge is 0.246 e. The number of rotatable bonds is 8. The van der Waals surface area contributed by atoms with Crippen molar-refractivity contribution in [3.8, 4) is 0 Å². The van der Waals surface area contributed by atoms with Gasteiger partial charge in [-0.15, -0.1) is 0 Å². The predicted molar refractivity (Wildman–Crippen MR) is 119 cm³/mol. The van der Waals surface area contributed by atoms with Gasteiger partial charge in [0.05, 0.1) is 17.4 Å². The molecular formula is C24H39N3O5. The summed E-state index contributed by atoms with van der Waals surface area (Å²) in [6.07, 6.45) is 7.08. The Morgan fingerprint density at radius 1 is 1.22 bits per heavy atom. The van der Waals surface area contributed by atoms with Crippen LogP contribution in [-0.4, -0.2) is 70.7 Å². The van der Waals surface area contributed by atoms with Crippen LogP contribution in [0.15, 0.2) is 0 Å². The Hall–Kier alpha value is -1.67. The van der Waals surface area contributed by atoms with Crippen molar-refractivity contribution in [3.05, 3.63) is 0 Å². The van der Waals surface area contributed by atoms with E-state index in [1.54, 1.807) is 4.90 Å². The number of carbonyl (C=O) groups excluding carboxylic acids is 3. The zero-order chi connectivity index (χ0) is 23.1. The van der Waals surface area contributed by atoms with Gasteiger partial charge >= 0.3 is 0 Å². The van der Waals surface area contributed by atoms with Gasteiger partial charge in [0, 0.05) is 25.7 Å². The molecule has 8 nitrogen and oxygen atoms in total. The molecule has 3 saturated heterocycles. The Labute approximate surface area is 190 Å². The quantitative estimate of drug-likeness (QED) is 0.519. The summed E-state index contributed by atoms with van der Waals surface area (Å²) in [5.41, 5.74) is -1.77. The van der Waals surface area contributed by atoms with Crippen LogP contribution in [0, 0.1) is 17.8 Å². The highest BCUT2D eigenvalue weighted by Crippen LogP contribution is 2.65. The molecule has 1 spiro atoms. The molecule has 3 unspecified atom stereocenters. The van der Waals surface area contributed by atoms with Gasteiger partial charge in [-0.25, -0.2) is 0 Å². The molecule has 1 aliphatic carbocycles. The van der Waals surface area contributed by atoms with Gasteiger partial charge in [-0.1, -0.05) is 33.1 Å². The normalized spacial score (nSPS) is 38.8. The SMILES string of the molecule is CCCNC(=O)[C@@H]1[C@H]2C(=O)N(CCCO)C(C(=O)NC3CCCCC3)C23CC(C)[C@@]1(C)O3. The molecule has 0 aromatic rings. The van der Waals surface area contributed by atoms with E-state index in [0.29, 0.717) is 19.4 Å². The Morgan fingerprint density at radius 2 is 1.94 bits per heavy atom. The van der Waals surface area contributed by atoms with Crippen LogP contribution >= 0.6 is 0 Å². The summed E-state index contributed by atoms with van der Waals surface area (Å²) in [4.78, 5) is 42.2. The molecule has 0 aromatic heterocycles. The zero-order valence-corrected chi connectivity index (χ0v) is 19.7. The van der Waals surface area contributed by atoms with Crippen LogP contribution in [-0.2, 0) is 19.1 Å². The lowest BCUT2D eigenvalue weighted by Crippen LogP contribution is -2.57. The first-order valence-corrected chi connectivity index (χ1v) is 12.5. The van der Waals surface area contributed by atoms with Crippen molar-refractivity contribution >= 4 is 17.7 Å². The van der Waals surface area contributed by atoms with Crippen molar-refractivity contribution < 1.29 is 24.2 Å². The van der Waals surface area contributed by atoms with Crippen molar-refractivity contribution in [3.63, 3.8) is 0 Å². The molecule has 32 heavy (non-hydrogen) atoms. The molecule has 0 aromatic carbocycles. The van der Waals surface area contributed by atoms with Crippen molar-refractivity contribution in [2.45, 2.75) is 95.4 Å². The van der Waals surface area contributed by atoms with Crippen molar-refractivity contribution in [1.29, 1.82) is 0 Å². The summed E-state index contributed by atoms with van der Waals surface area (Å²) in [6.45, 7) is 6.76. The summed E-state index contributed by atoms with van der Waals surface area (Å²) in [5, 5.41) is 15.6. The number of hydrogen-bond donors (Lipinski definition) is 3. The maximum absolute atomic E-state index is 13.7. The highest BCUT2D eigenvalue weighted by Gasteiger charge is 2.79. The number of ether oxygens (including phenoxy) is 1. The van der Waals surface area contributed by atoms with Crippen molar-refractivity contribution in [2.75, 3.05) is 19.7 Å². The number of nitrogens with one attached hydrogen (secondary N) is 2. The molecule has 1 saturated carbocycles. The van der Waals surface area contributed by atoms with E-state index in [9.17, 15) is 19.5 Å². The summed E-state index contributed by atoms with van der Waals surface area (Å²) in [7, 11) is 0. The van der Waals surface area contributed by atoms with Crippen LogP contribution in [0.5, 0.6) is 0 Å². The minimum Gasteiger partial charge on any atom is -0.396 e. The number of likely N-dealkylation sites (tertiary alicyclic amines) is 1. The van der Waals surface area contributed by atoms with Gasteiger partial charge in [-0.05, 0) is 44.9 Å². The fourth-order valence-corrected chi connectivity index (χ4v) is 6.81. The second-order valence-corrected chi connectivity index (χ2v) is 10.4. The molecule has 180 valence electrons. The van der Waals surface area contributed by atoms with E-state index >= 15 is 0 Å². The average Bonchev–Trinajstić information content (AvgIpc) is 3.28. The Balaban J connectivity index is 1.68. The maximum Gasteiger partial charge on any atom is 0.246 e. The van der Waals surface area contributed by atoms with Crippen LogP contribution in [0.3, 0.4) is 0 Å². The van der Waals surface area contributed by atoms with Gasteiger partial charge in [-0.3, -0.25) is 14.4 Å². The standard InChI is InChI=1S/C24H39N3O5/c1-4-11-25-20(29)17-18-22(31)27(12-8-13-28)19(21(30)26-16-9-6-5-7-10-16)24(18)14-15(2)23(17,3)32-24/h15-19,28H,4-14H2,1-3H3,(H,25,29)(H,26,30)/t15?,17-,18-,19?,23+,24?/m0/s1. The van der Waals surface area contributed by atoms with E-state index in [1.807, 2.05) is 13.8 Å². The molecule has 3 N–H and O–H groups in total. The van der Waals surface area contributed by atoms with Gasteiger partial charge in [0.15, 0.2) is 0 Å². The number of amides is 3. The van der Waals surface area contributed by atoms with Crippen molar-refractivity contribution in [1.82, 2.24) is 15.5 Å². The lowest BCUT2D eigenvalue weighted by molar-refractivity contribution is -0.148. The fraction of sp³-hybridized carbons (Fsp3) is 0.875. The number of carbonyl (C=O) groups is 3. The number of fused-ring (bicyclic) bond motifs is 1. The van der Waals surface area contributed by atoms with Crippen LogP contribution in [0.4, 0.5) is 0 Å². The molecule has 3 aliphatic heterocycles. The van der Waals surface area contributed by atoms with Gasteiger partial charge < -0.3 is 25.4 Å². The highest BCUT2D eigenvalue weighted by molar-refractivity contribution is 5.99. The third kappa shape index (κ3) is 3.54. The summed E-state index contributed by atoms with van der Waals surface area (Å²) >= 11 is 0. The lowest BCUT2D eigenvalue weighted by atomic mass is 9.62. The third-order valence-electron chi connectivity index (χ3n) is 8.40. The van der Waals surface area contributed by atoms with Crippen LogP contribution in [0.2, 0.25) is 0 Å². The van der Waals surface area contributed by atoms with E-state index in [2.05, 4.69) is 17.6 Å². The Morgan fingerprint density at radius 3 is 2.59 bits per heavy atom. The topological polar surface area (TPSA) is 108 Å². The zero-order valence-electron chi connectivity index (χ0n) is 19.7. The first kappa shape index (κ1) is 23.5. The molecule has 8 heteroatoms. The first-order chi connectivity index (χ1) is 15.3. The minimum absolute atomic E-state index is 0.0479. The van der Waals surface area contributed by atoms with Gasteiger partial charge in [-0.2, -0.15) is 0 Å². The second kappa shape index (κ2) is 8.93. The van der Waals surface area contributed by atoms with E-state index in [0.717, 1.165) is 32.1 Å².